The lowest BCUT2D eigenvalue weighted by molar-refractivity contribution is 0.301. The van der Waals surface area contributed by atoms with Crippen LogP contribution in [-0.4, -0.2) is 29.8 Å². The molecular formula is C10H16ClN3O. The second-order valence-corrected chi connectivity index (χ2v) is 3.64. The first-order valence-electron chi connectivity index (χ1n) is 4.96. The van der Waals surface area contributed by atoms with Crippen LogP contribution in [0.2, 0.25) is 5.15 Å². The van der Waals surface area contributed by atoms with Crippen LogP contribution in [0, 0.1) is 0 Å². The van der Waals surface area contributed by atoms with Crippen LogP contribution >= 0.6 is 11.6 Å². The second kappa shape index (κ2) is 5.78. The molecule has 0 unspecified atom stereocenters. The van der Waals surface area contributed by atoms with Gasteiger partial charge in [-0.3, -0.25) is 0 Å². The largest absolute Gasteiger partial charge is 0.396 e. The van der Waals surface area contributed by atoms with Crippen molar-refractivity contribution in [1.29, 1.82) is 0 Å². The van der Waals surface area contributed by atoms with Gasteiger partial charge in [0.15, 0.2) is 5.82 Å². The van der Waals surface area contributed by atoms with Crippen molar-refractivity contribution in [2.24, 2.45) is 0 Å². The van der Waals surface area contributed by atoms with E-state index in [4.69, 9.17) is 22.4 Å². The van der Waals surface area contributed by atoms with E-state index in [-0.39, 0.29) is 6.61 Å². The maximum Gasteiger partial charge on any atom is 0.153 e. The number of hydrogen-bond donors (Lipinski definition) is 2. The lowest BCUT2D eigenvalue weighted by Crippen LogP contribution is -2.29. The first-order valence-corrected chi connectivity index (χ1v) is 5.34. The summed E-state index contributed by atoms with van der Waals surface area (Å²) in [6.07, 6.45) is 0.966. The fourth-order valence-electron chi connectivity index (χ4n) is 1.40. The molecule has 0 aliphatic rings. The Kier molecular flexibility index (Phi) is 4.65. The van der Waals surface area contributed by atoms with Crippen LogP contribution in [0.25, 0.3) is 0 Å². The molecule has 1 heterocycles. The van der Waals surface area contributed by atoms with Crippen molar-refractivity contribution >= 4 is 23.1 Å². The van der Waals surface area contributed by atoms with Crippen molar-refractivity contribution in [2.45, 2.75) is 13.3 Å². The summed E-state index contributed by atoms with van der Waals surface area (Å²) >= 11 is 5.81. The molecule has 0 saturated heterocycles. The number of nitrogens with two attached hydrogens (primary N) is 1. The van der Waals surface area contributed by atoms with Crippen LogP contribution in [0.15, 0.2) is 12.1 Å². The van der Waals surface area contributed by atoms with Gasteiger partial charge in [-0.2, -0.15) is 0 Å². The Hall–Kier alpha value is -1.00. The highest BCUT2D eigenvalue weighted by Crippen LogP contribution is 2.22. The van der Waals surface area contributed by atoms with Crippen LogP contribution < -0.4 is 10.6 Å². The van der Waals surface area contributed by atoms with E-state index in [0.717, 1.165) is 13.0 Å². The van der Waals surface area contributed by atoms with Crippen LogP contribution in [0.1, 0.15) is 13.3 Å². The molecule has 0 spiro atoms. The molecule has 84 valence electrons. The third kappa shape index (κ3) is 3.25. The van der Waals surface area contributed by atoms with Crippen molar-refractivity contribution in [2.75, 3.05) is 30.3 Å². The summed E-state index contributed by atoms with van der Waals surface area (Å²) in [5, 5.41) is 9.36. The van der Waals surface area contributed by atoms with E-state index in [0.29, 0.717) is 23.2 Å². The molecule has 0 aliphatic heterocycles. The summed E-state index contributed by atoms with van der Waals surface area (Å²) in [5.41, 5.74) is 6.39. The summed E-state index contributed by atoms with van der Waals surface area (Å²) in [6.45, 7) is 3.46. The van der Waals surface area contributed by atoms with E-state index in [1.807, 2.05) is 4.90 Å². The van der Waals surface area contributed by atoms with Gasteiger partial charge in [-0.15, -0.1) is 0 Å². The van der Waals surface area contributed by atoms with E-state index in [9.17, 15) is 0 Å². The Bertz CT molecular complexity index is 314. The van der Waals surface area contributed by atoms with Crippen molar-refractivity contribution in [3.8, 4) is 0 Å². The van der Waals surface area contributed by atoms with E-state index in [1.54, 1.807) is 12.1 Å². The van der Waals surface area contributed by atoms with E-state index >= 15 is 0 Å². The molecule has 1 aromatic heterocycles. The smallest absolute Gasteiger partial charge is 0.153 e. The van der Waals surface area contributed by atoms with Crippen LogP contribution in [-0.2, 0) is 0 Å². The molecule has 0 atom stereocenters. The first-order chi connectivity index (χ1) is 7.19. The highest BCUT2D eigenvalue weighted by molar-refractivity contribution is 6.29. The lowest BCUT2D eigenvalue weighted by atomic mass is 10.3. The molecule has 3 N–H and O–H groups in total. The molecular weight excluding hydrogens is 214 g/mol. The summed E-state index contributed by atoms with van der Waals surface area (Å²) in [5.74, 6) is 0.651. The molecule has 0 saturated carbocycles. The molecule has 0 bridgehead atoms. The average Bonchev–Trinajstić information content (AvgIpc) is 2.21. The topological polar surface area (TPSA) is 62.4 Å². The summed E-state index contributed by atoms with van der Waals surface area (Å²) in [4.78, 5) is 6.10. The SMILES string of the molecule is CCCN(CCO)c1nc(Cl)ccc1N. The van der Waals surface area contributed by atoms with Gasteiger partial charge < -0.3 is 15.7 Å². The Morgan fingerprint density at radius 1 is 1.47 bits per heavy atom. The van der Waals surface area contributed by atoms with Gasteiger partial charge in [0.2, 0.25) is 0 Å². The van der Waals surface area contributed by atoms with Crippen molar-refractivity contribution in [3.05, 3.63) is 17.3 Å². The zero-order chi connectivity index (χ0) is 11.3. The van der Waals surface area contributed by atoms with E-state index in [2.05, 4.69) is 11.9 Å². The van der Waals surface area contributed by atoms with Crippen molar-refractivity contribution in [1.82, 2.24) is 4.98 Å². The minimum Gasteiger partial charge on any atom is -0.396 e. The maximum atomic E-state index is 8.94. The van der Waals surface area contributed by atoms with Crippen LogP contribution in [0.3, 0.4) is 0 Å². The zero-order valence-corrected chi connectivity index (χ0v) is 9.54. The molecule has 4 nitrogen and oxygen atoms in total. The number of nitrogen functional groups attached to an aromatic ring is 1. The monoisotopic (exact) mass is 229 g/mol. The van der Waals surface area contributed by atoms with Gasteiger partial charge in [0.1, 0.15) is 5.15 Å². The van der Waals surface area contributed by atoms with E-state index < -0.39 is 0 Å². The minimum atomic E-state index is 0.0770. The van der Waals surface area contributed by atoms with Gasteiger partial charge in [-0.25, -0.2) is 4.98 Å². The van der Waals surface area contributed by atoms with E-state index in [1.165, 1.54) is 0 Å². The Labute approximate surface area is 94.7 Å². The van der Waals surface area contributed by atoms with Gasteiger partial charge >= 0.3 is 0 Å². The quantitative estimate of drug-likeness (QED) is 0.752. The van der Waals surface area contributed by atoms with Crippen LogP contribution in [0.4, 0.5) is 11.5 Å². The molecule has 1 rings (SSSR count). The third-order valence-electron chi connectivity index (χ3n) is 2.03. The standard InChI is InChI=1S/C10H16ClN3O/c1-2-5-14(6-7-15)10-8(12)3-4-9(11)13-10/h3-4,15H,2,5-7,12H2,1H3. The Balaban J connectivity index is 2.93. The predicted octanol–water partition coefficient (Wildman–Crippen LogP) is 1.53. The maximum absolute atomic E-state index is 8.94. The summed E-state index contributed by atoms with van der Waals surface area (Å²) < 4.78 is 0. The fraction of sp³-hybridized carbons (Fsp3) is 0.500. The number of aromatic nitrogens is 1. The predicted molar refractivity (Wildman–Crippen MR) is 63.2 cm³/mol. The highest BCUT2D eigenvalue weighted by Gasteiger charge is 2.10. The number of pyridine rings is 1. The van der Waals surface area contributed by atoms with Crippen molar-refractivity contribution < 1.29 is 5.11 Å². The number of rotatable bonds is 5. The molecule has 0 aliphatic carbocycles. The Morgan fingerprint density at radius 2 is 2.20 bits per heavy atom. The zero-order valence-electron chi connectivity index (χ0n) is 8.78. The van der Waals surface area contributed by atoms with Gasteiger partial charge in [-0.05, 0) is 18.6 Å². The molecule has 0 aromatic carbocycles. The second-order valence-electron chi connectivity index (χ2n) is 3.26. The number of aliphatic hydroxyl groups is 1. The molecule has 0 fully saturated rings. The van der Waals surface area contributed by atoms with Gasteiger partial charge in [0, 0.05) is 13.1 Å². The number of hydrogen-bond acceptors (Lipinski definition) is 4. The third-order valence-corrected chi connectivity index (χ3v) is 2.24. The molecule has 0 radical (unpaired) electrons. The minimum absolute atomic E-state index is 0.0770. The van der Waals surface area contributed by atoms with Crippen LogP contribution in [0.5, 0.6) is 0 Å². The lowest BCUT2D eigenvalue weighted by Gasteiger charge is -2.23. The number of anilines is 2. The highest BCUT2D eigenvalue weighted by atomic mass is 35.5. The first kappa shape index (κ1) is 12.1. The Morgan fingerprint density at radius 3 is 2.80 bits per heavy atom. The van der Waals surface area contributed by atoms with Crippen molar-refractivity contribution in [3.63, 3.8) is 0 Å². The number of nitrogens with zero attached hydrogens (tertiary/aromatic N) is 2. The average molecular weight is 230 g/mol. The molecule has 0 amide bonds. The molecule has 1 aromatic rings. The van der Waals surface area contributed by atoms with Gasteiger partial charge in [0.05, 0.1) is 12.3 Å². The number of aliphatic hydroxyl groups excluding tert-OH is 1. The molecule has 15 heavy (non-hydrogen) atoms. The normalized spacial score (nSPS) is 10.3. The fourth-order valence-corrected chi connectivity index (χ4v) is 1.55. The summed E-state index contributed by atoms with van der Waals surface area (Å²) in [6, 6.07) is 3.38. The summed E-state index contributed by atoms with van der Waals surface area (Å²) in [7, 11) is 0. The van der Waals surface area contributed by atoms with Gasteiger partial charge in [0.25, 0.3) is 0 Å². The number of halogens is 1. The van der Waals surface area contributed by atoms with Gasteiger partial charge in [-0.1, -0.05) is 18.5 Å². The molecule has 5 heteroatoms.